The number of carbonyl (C=O) groups is 1. The Kier molecular flexibility index (Phi) is 4.44. The van der Waals surface area contributed by atoms with Gasteiger partial charge in [-0.05, 0) is 31.4 Å². The molecule has 1 aromatic heterocycles. The Labute approximate surface area is 129 Å². The molecular weight excluding hydrogens is 280 g/mol. The lowest BCUT2D eigenvalue weighted by atomic mass is 9.96. The lowest BCUT2D eigenvalue weighted by molar-refractivity contribution is 0.0948. The van der Waals surface area contributed by atoms with Crippen LogP contribution in [0.15, 0.2) is 41.0 Å². The topological polar surface area (TPSA) is 77.5 Å². The quantitative estimate of drug-likeness (QED) is 0.859. The van der Waals surface area contributed by atoms with Crippen LogP contribution in [0.1, 0.15) is 40.9 Å². The van der Waals surface area contributed by atoms with E-state index in [9.17, 15) is 4.79 Å². The Morgan fingerprint density at radius 1 is 1.36 bits per heavy atom. The number of ether oxygens (including phenoxy) is 1. The molecule has 0 bridgehead atoms. The van der Waals surface area contributed by atoms with Crippen LogP contribution in [0.25, 0.3) is 0 Å². The molecule has 1 fully saturated rings. The van der Waals surface area contributed by atoms with Gasteiger partial charge in [0.15, 0.2) is 0 Å². The van der Waals surface area contributed by atoms with Crippen molar-refractivity contribution in [2.24, 2.45) is 5.73 Å². The normalized spacial score (nSPS) is 14.4. The third-order valence-electron chi connectivity index (χ3n) is 3.87. The minimum absolute atomic E-state index is 0.179. The van der Waals surface area contributed by atoms with Gasteiger partial charge < -0.3 is 20.2 Å². The van der Waals surface area contributed by atoms with Crippen molar-refractivity contribution in [1.29, 1.82) is 0 Å². The molecule has 0 spiro atoms. The summed E-state index contributed by atoms with van der Waals surface area (Å²) in [4.78, 5) is 12.1. The van der Waals surface area contributed by atoms with Gasteiger partial charge in [0.2, 0.25) is 0 Å². The summed E-state index contributed by atoms with van der Waals surface area (Å²) in [5, 5.41) is 2.88. The molecule has 5 nitrogen and oxygen atoms in total. The molecule has 0 radical (unpaired) electrons. The fraction of sp³-hybridized carbons (Fsp3) is 0.353. The molecule has 22 heavy (non-hydrogen) atoms. The second kappa shape index (κ2) is 6.66. The first-order valence-corrected chi connectivity index (χ1v) is 7.56. The van der Waals surface area contributed by atoms with E-state index in [1.165, 1.54) is 12.7 Å². The van der Waals surface area contributed by atoms with Crippen molar-refractivity contribution < 1.29 is 13.9 Å². The maximum Gasteiger partial charge on any atom is 0.254 e. The van der Waals surface area contributed by atoms with E-state index in [1.807, 2.05) is 24.3 Å². The van der Waals surface area contributed by atoms with Crippen molar-refractivity contribution in [1.82, 2.24) is 5.32 Å². The Bertz CT molecular complexity index is 647. The summed E-state index contributed by atoms with van der Waals surface area (Å²) in [7, 11) is 0. The van der Waals surface area contributed by atoms with E-state index < -0.39 is 0 Å². The van der Waals surface area contributed by atoms with Crippen molar-refractivity contribution in [3.63, 3.8) is 0 Å². The fourth-order valence-electron chi connectivity index (χ4n) is 2.32. The summed E-state index contributed by atoms with van der Waals surface area (Å²) in [6, 6.07) is 9.47. The van der Waals surface area contributed by atoms with Gasteiger partial charge in [-0.3, -0.25) is 4.79 Å². The Hall–Kier alpha value is -2.27. The molecule has 1 aromatic carbocycles. The fourth-order valence-corrected chi connectivity index (χ4v) is 2.32. The molecule has 1 aliphatic carbocycles. The van der Waals surface area contributed by atoms with E-state index >= 15 is 0 Å². The number of carbonyl (C=O) groups excluding carboxylic acids is 1. The Morgan fingerprint density at radius 2 is 2.18 bits per heavy atom. The maximum atomic E-state index is 12.1. The standard InChI is InChI=1S/C17H20N2O3/c18-9-15-8-13(11-21-15)17(20)19-10-12-4-1-2-7-16(12)22-14-5-3-6-14/h1-2,4,7-8,11,14H,3,5-6,9-10,18H2,(H,19,20). The lowest BCUT2D eigenvalue weighted by Gasteiger charge is -2.27. The Morgan fingerprint density at radius 3 is 2.86 bits per heavy atom. The molecule has 116 valence electrons. The second-order valence-corrected chi connectivity index (χ2v) is 5.47. The first-order chi connectivity index (χ1) is 10.8. The number of nitrogens with one attached hydrogen (secondary N) is 1. The number of benzene rings is 1. The van der Waals surface area contributed by atoms with Gasteiger partial charge in [-0.25, -0.2) is 0 Å². The highest BCUT2D eigenvalue weighted by molar-refractivity contribution is 5.93. The minimum atomic E-state index is -0.179. The van der Waals surface area contributed by atoms with E-state index in [0.29, 0.717) is 24.0 Å². The predicted molar refractivity (Wildman–Crippen MR) is 82.5 cm³/mol. The molecule has 0 unspecified atom stereocenters. The SMILES string of the molecule is NCc1cc(C(=O)NCc2ccccc2OC2CCC2)co1. The predicted octanol–water partition coefficient (Wildman–Crippen LogP) is 2.60. The molecule has 1 saturated carbocycles. The maximum absolute atomic E-state index is 12.1. The minimum Gasteiger partial charge on any atom is -0.490 e. The molecule has 0 aliphatic heterocycles. The second-order valence-electron chi connectivity index (χ2n) is 5.47. The number of furan rings is 1. The van der Waals surface area contributed by atoms with E-state index in [-0.39, 0.29) is 12.5 Å². The van der Waals surface area contributed by atoms with Crippen molar-refractivity contribution in [3.8, 4) is 5.75 Å². The summed E-state index contributed by atoms with van der Waals surface area (Å²) in [6.45, 7) is 0.705. The summed E-state index contributed by atoms with van der Waals surface area (Å²) in [6.07, 6.45) is 5.19. The highest BCUT2D eigenvalue weighted by atomic mass is 16.5. The van der Waals surface area contributed by atoms with Crippen LogP contribution in [0.4, 0.5) is 0 Å². The zero-order chi connectivity index (χ0) is 15.4. The third kappa shape index (κ3) is 3.31. The Balaban J connectivity index is 1.61. The van der Waals surface area contributed by atoms with E-state index in [1.54, 1.807) is 6.07 Å². The number of para-hydroxylation sites is 1. The van der Waals surface area contributed by atoms with Gasteiger partial charge in [-0.1, -0.05) is 18.2 Å². The van der Waals surface area contributed by atoms with Gasteiger partial charge in [0.25, 0.3) is 5.91 Å². The first-order valence-electron chi connectivity index (χ1n) is 7.56. The van der Waals surface area contributed by atoms with Gasteiger partial charge in [-0.2, -0.15) is 0 Å². The summed E-state index contributed by atoms with van der Waals surface area (Å²) >= 11 is 0. The zero-order valence-corrected chi connectivity index (χ0v) is 12.4. The first kappa shape index (κ1) is 14.7. The van der Waals surface area contributed by atoms with Crippen LogP contribution in [0.5, 0.6) is 5.75 Å². The van der Waals surface area contributed by atoms with Crippen LogP contribution in [0.3, 0.4) is 0 Å². The molecule has 0 atom stereocenters. The monoisotopic (exact) mass is 300 g/mol. The third-order valence-corrected chi connectivity index (χ3v) is 3.87. The molecule has 5 heteroatoms. The van der Waals surface area contributed by atoms with Gasteiger partial charge in [0.05, 0.1) is 18.2 Å². The van der Waals surface area contributed by atoms with Gasteiger partial charge in [0.1, 0.15) is 17.8 Å². The highest BCUT2D eigenvalue weighted by Gasteiger charge is 2.20. The van der Waals surface area contributed by atoms with Crippen LogP contribution in [-0.2, 0) is 13.1 Å². The van der Waals surface area contributed by atoms with Crippen LogP contribution >= 0.6 is 0 Å². The van der Waals surface area contributed by atoms with Crippen LogP contribution in [-0.4, -0.2) is 12.0 Å². The van der Waals surface area contributed by atoms with Crippen LogP contribution < -0.4 is 15.8 Å². The molecule has 1 amide bonds. The number of hydrogen-bond acceptors (Lipinski definition) is 4. The van der Waals surface area contributed by atoms with E-state index in [2.05, 4.69) is 5.32 Å². The summed E-state index contributed by atoms with van der Waals surface area (Å²) in [5.74, 6) is 1.27. The van der Waals surface area contributed by atoms with Gasteiger partial charge in [0, 0.05) is 12.1 Å². The number of rotatable bonds is 6. The molecule has 2 aromatic rings. The van der Waals surface area contributed by atoms with Crippen molar-refractivity contribution in [3.05, 3.63) is 53.5 Å². The molecule has 1 aliphatic rings. The molecular formula is C17H20N2O3. The van der Waals surface area contributed by atoms with Gasteiger partial charge >= 0.3 is 0 Å². The van der Waals surface area contributed by atoms with E-state index in [4.69, 9.17) is 14.9 Å². The molecule has 3 N–H and O–H groups in total. The molecule has 3 rings (SSSR count). The lowest BCUT2D eigenvalue weighted by Crippen LogP contribution is -2.26. The summed E-state index contributed by atoms with van der Waals surface area (Å²) in [5.41, 5.74) is 6.93. The summed E-state index contributed by atoms with van der Waals surface area (Å²) < 4.78 is 11.1. The highest BCUT2D eigenvalue weighted by Crippen LogP contribution is 2.27. The average molecular weight is 300 g/mol. The van der Waals surface area contributed by atoms with Crippen molar-refractivity contribution >= 4 is 5.91 Å². The van der Waals surface area contributed by atoms with Gasteiger partial charge in [-0.15, -0.1) is 0 Å². The van der Waals surface area contributed by atoms with Crippen molar-refractivity contribution in [2.75, 3.05) is 0 Å². The van der Waals surface area contributed by atoms with Crippen molar-refractivity contribution in [2.45, 2.75) is 38.5 Å². The van der Waals surface area contributed by atoms with Crippen LogP contribution in [0.2, 0.25) is 0 Å². The largest absolute Gasteiger partial charge is 0.490 e. The van der Waals surface area contributed by atoms with Crippen LogP contribution in [0, 0.1) is 0 Å². The number of amides is 1. The van der Waals surface area contributed by atoms with E-state index in [0.717, 1.165) is 24.2 Å². The average Bonchev–Trinajstić information content (AvgIpc) is 2.98. The number of hydrogen-bond donors (Lipinski definition) is 2. The zero-order valence-electron chi connectivity index (χ0n) is 12.4. The smallest absolute Gasteiger partial charge is 0.254 e. The molecule has 1 heterocycles. The molecule has 0 saturated heterocycles. The number of nitrogens with two attached hydrogens (primary N) is 1.